The first-order valence-electron chi connectivity index (χ1n) is 6.58. The molecule has 0 aliphatic rings. The van der Waals surface area contributed by atoms with Crippen LogP contribution in [0, 0.1) is 6.07 Å². The van der Waals surface area contributed by atoms with Crippen molar-refractivity contribution < 1.29 is 32.6 Å². The Hall–Kier alpha value is -2.07. The Labute approximate surface area is 145 Å². The van der Waals surface area contributed by atoms with Crippen LogP contribution in [0.5, 0.6) is 11.5 Å². The van der Waals surface area contributed by atoms with E-state index in [-0.39, 0.29) is 33.9 Å². The van der Waals surface area contributed by atoms with E-state index >= 15 is 0 Å². The number of pyridine rings is 1. The summed E-state index contributed by atoms with van der Waals surface area (Å²) < 4.78 is 0. The molecule has 4 heteroatoms. The van der Waals surface area contributed by atoms with Crippen LogP contribution in [0.3, 0.4) is 0 Å². The summed E-state index contributed by atoms with van der Waals surface area (Å²) in [5.41, 5.74) is 2.27. The van der Waals surface area contributed by atoms with Gasteiger partial charge in [0.2, 0.25) is 0 Å². The summed E-state index contributed by atoms with van der Waals surface area (Å²) in [6.45, 7) is 0. The zero-order chi connectivity index (χ0) is 14.9. The minimum absolute atomic E-state index is 0. The van der Waals surface area contributed by atoms with E-state index in [1.165, 1.54) is 17.7 Å². The van der Waals surface area contributed by atoms with Gasteiger partial charge in [-0.2, -0.15) is 35.9 Å². The molecule has 0 saturated heterocycles. The second-order valence-electron chi connectivity index (χ2n) is 4.37. The van der Waals surface area contributed by atoms with Gasteiger partial charge in [0.25, 0.3) is 0 Å². The van der Waals surface area contributed by atoms with Crippen LogP contribution < -0.4 is 0 Å². The van der Waals surface area contributed by atoms with E-state index in [9.17, 15) is 0 Å². The molecule has 0 atom stereocenters. The summed E-state index contributed by atoms with van der Waals surface area (Å²) in [5, 5.41) is 17.3. The maximum absolute atomic E-state index is 8.67. The Kier molecular flexibility index (Phi) is 8.00. The number of para-hydroxylation sites is 2. The Bertz CT molecular complexity index is 602. The molecule has 0 aliphatic heterocycles. The average Bonchev–Trinajstić information content (AvgIpc) is 2.53. The van der Waals surface area contributed by atoms with E-state index in [0.717, 1.165) is 12.1 Å². The van der Waals surface area contributed by atoms with Crippen LogP contribution in [0.1, 0.15) is 11.3 Å². The molecule has 0 radical (unpaired) electrons. The number of nitrogens with zero attached hydrogens (tertiary/aromatic N) is 1. The van der Waals surface area contributed by atoms with Crippen LogP contribution in [0.2, 0.25) is 0 Å². The average molecular weight is 475 g/mol. The Morgan fingerprint density at radius 3 is 1.95 bits per heavy atom. The van der Waals surface area contributed by atoms with Crippen molar-refractivity contribution in [1.82, 2.24) is 4.98 Å². The van der Waals surface area contributed by atoms with Gasteiger partial charge in [-0.3, -0.25) is 4.98 Å². The quantitative estimate of drug-likeness (QED) is 0.339. The molecule has 1 heterocycles. The zero-order valence-electron chi connectivity index (χ0n) is 11.8. The third kappa shape index (κ3) is 6.14. The van der Waals surface area contributed by atoms with Gasteiger partial charge in [0, 0.05) is 11.9 Å². The fourth-order valence-corrected chi connectivity index (χ4v) is 1.70. The predicted octanol–water partition coefficient (Wildman–Crippen LogP) is 3.57. The second kappa shape index (κ2) is 9.79. The summed E-state index contributed by atoms with van der Waals surface area (Å²) in [7, 11) is 0. The standard InChI is InChI=1S/C12H10N.C6H6O2.Au/c1-2-6-11(7-3-1)10-12-8-4-5-9-13-12;7-5-3-1-2-4-6(5)8;/h1-6,8-9H,10H2;1-4,7-8H;/q-1;;+1. The summed E-state index contributed by atoms with van der Waals surface area (Å²) in [5.74, 6) is -0.153. The fourth-order valence-electron chi connectivity index (χ4n) is 1.70. The first-order chi connectivity index (χ1) is 10.3. The fraction of sp³-hybridized carbons (Fsp3) is 0.0556. The number of phenolic OH excluding ortho intramolecular Hbond substituents is 2. The van der Waals surface area contributed by atoms with Crippen LogP contribution in [0.25, 0.3) is 0 Å². The molecule has 0 unspecified atom stereocenters. The maximum atomic E-state index is 8.67. The summed E-state index contributed by atoms with van der Waals surface area (Å²) in [4.78, 5) is 4.25. The maximum Gasteiger partial charge on any atom is 1.00 e. The van der Waals surface area contributed by atoms with Crippen molar-refractivity contribution in [2.45, 2.75) is 6.42 Å². The topological polar surface area (TPSA) is 53.4 Å². The second-order valence-corrected chi connectivity index (χ2v) is 4.37. The van der Waals surface area contributed by atoms with Crippen molar-refractivity contribution in [2.75, 3.05) is 0 Å². The summed E-state index contributed by atoms with van der Waals surface area (Å²) >= 11 is 0. The minimum atomic E-state index is -0.0764. The van der Waals surface area contributed by atoms with Crippen molar-refractivity contribution in [3.05, 3.63) is 90.3 Å². The van der Waals surface area contributed by atoms with Gasteiger partial charge in [-0.15, -0.1) is 0 Å². The van der Waals surface area contributed by atoms with Crippen molar-refractivity contribution in [1.29, 1.82) is 0 Å². The molecule has 0 aliphatic carbocycles. The van der Waals surface area contributed by atoms with E-state index in [4.69, 9.17) is 10.2 Å². The Morgan fingerprint density at radius 1 is 0.818 bits per heavy atom. The van der Waals surface area contributed by atoms with Gasteiger partial charge in [-0.25, -0.2) is 0 Å². The number of benzene rings is 2. The number of aromatic hydroxyl groups is 2. The summed E-state index contributed by atoms with van der Waals surface area (Å²) in [6.07, 6.45) is 2.68. The normalized spacial score (nSPS) is 9.09. The van der Waals surface area contributed by atoms with E-state index in [1.54, 1.807) is 12.1 Å². The van der Waals surface area contributed by atoms with Gasteiger partial charge in [0.1, 0.15) is 0 Å². The molecule has 0 fully saturated rings. The van der Waals surface area contributed by atoms with E-state index in [0.29, 0.717) is 0 Å². The Balaban J connectivity index is 0.000000234. The molecule has 0 spiro atoms. The molecule has 0 saturated carbocycles. The molecule has 2 N–H and O–H groups in total. The van der Waals surface area contributed by atoms with Gasteiger partial charge in [-0.1, -0.05) is 18.2 Å². The van der Waals surface area contributed by atoms with Gasteiger partial charge >= 0.3 is 22.4 Å². The Morgan fingerprint density at radius 2 is 1.45 bits per heavy atom. The monoisotopic (exact) mass is 475 g/mol. The van der Waals surface area contributed by atoms with Crippen molar-refractivity contribution in [3.63, 3.8) is 0 Å². The molecule has 3 aromatic rings. The molecule has 2 aromatic carbocycles. The van der Waals surface area contributed by atoms with Gasteiger partial charge in [0.15, 0.2) is 11.5 Å². The molecule has 22 heavy (non-hydrogen) atoms. The molecule has 1 aromatic heterocycles. The van der Waals surface area contributed by atoms with Crippen LogP contribution in [0.15, 0.2) is 72.9 Å². The first-order valence-corrected chi connectivity index (χ1v) is 6.58. The number of rotatable bonds is 2. The largest absolute Gasteiger partial charge is 1.00 e. The van der Waals surface area contributed by atoms with E-state index in [1.807, 2.05) is 42.6 Å². The van der Waals surface area contributed by atoms with Crippen molar-refractivity contribution in [2.24, 2.45) is 0 Å². The number of hydrogen-bond donors (Lipinski definition) is 2. The van der Waals surface area contributed by atoms with Crippen LogP contribution in [0.4, 0.5) is 0 Å². The van der Waals surface area contributed by atoms with Gasteiger partial charge in [-0.05, 0) is 30.7 Å². The molecular weight excluding hydrogens is 459 g/mol. The van der Waals surface area contributed by atoms with Crippen LogP contribution in [-0.2, 0) is 28.8 Å². The number of phenols is 2. The van der Waals surface area contributed by atoms with Gasteiger partial charge in [0.05, 0.1) is 0 Å². The summed E-state index contributed by atoms with van der Waals surface area (Å²) in [6, 6.07) is 23.3. The molecular formula is C18H16AuNO2. The van der Waals surface area contributed by atoms with Crippen molar-refractivity contribution in [3.8, 4) is 11.5 Å². The van der Waals surface area contributed by atoms with Gasteiger partial charge < -0.3 is 10.2 Å². The van der Waals surface area contributed by atoms with E-state index in [2.05, 4.69) is 17.1 Å². The smallest absolute Gasteiger partial charge is 0.504 e. The zero-order valence-corrected chi connectivity index (χ0v) is 13.9. The number of aromatic nitrogens is 1. The third-order valence-corrected chi connectivity index (χ3v) is 2.75. The molecule has 0 amide bonds. The third-order valence-electron chi connectivity index (χ3n) is 2.75. The van der Waals surface area contributed by atoms with Crippen LogP contribution in [-0.4, -0.2) is 15.2 Å². The number of hydrogen-bond acceptors (Lipinski definition) is 3. The van der Waals surface area contributed by atoms with Crippen LogP contribution >= 0.6 is 0 Å². The van der Waals surface area contributed by atoms with E-state index < -0.39 is 0 Å². The molecule has 116 valence electrons. The molecule has 3 nitrogen and oxygen atoms in total. The molecule has 3 rings (SSSR count). The SMILES string of the molecule is Oc1ccccc1O.[Au+].[c-]1ccccc1Cc1ccccn1. The van der Waals surface area contributed by atoms with Crippen molar-refractivity contribution >= 4 is 0 Å². The minimum Gasteiger partial charge on any atom is -0.504 e. The first kappa shape index (κ1) is 18.0. The molecule has 0 bridgehead atoms. The predicted molar refractivity (Wildman–Crippen MR) is 82.1 cm³/mol.